The van der Waals surface area contributed by atoms with E-state index in [0.29, 0.717) is 23.6 Å². The minimum Gasteiger partial charge on any atom is -0.458 e. The lowest BCUT2D eigenvalue weighted by molar-refractivity contribution is 0.314. The van der Waals surface area contributed by atoms with Crippen molar-refractivity contribution in [1.29, 1.82) is 0 Å². The summed E-state index contributed by atoms with van der Waals surface area (Å²) in [6.07, 6.45) is 16.6. The van der Waals surface area contributed by atoms with Gasteiger partial charge in [0.25, 0.3) is 0 Å². The van der Waals surface area contributed by atoms with Crippen LogP contribution in [0.15, 0.2) is 76.4 Å². The predicted molar refractivity (Wildman–Crippen MR) is 111 cm³/mol. The standard InChI is InChI=1S/C22H30N4O/c1-14(25-3)17-4-5-19-13-21(11-8-18(19)12-17)27-15(2)16-6-9-20(10-7-16)26-22(23)24/h4-6,9,11,13-14,17-18,25H,2,7-8,10,12H2,1,3H3,(H4,23,24,26). The van der Waals surface area contributed by atoms with Crippen molar-refractivity contribution < 1.29 is 4.74 Å². The molecule has 5 heteroatoms. The Labute approximate surface area is 161 Å². The van der Waals surface area contributed by atoms with Crippen LogP contribution in [0.25, 0.3) is 0 Å². The molecule has 27 heavy (non-hydrogen) atoms. The second-order valence-corrected chi connectivity index (χ2v) is 7.43. The summed E-state index contributed by atoms with van der Waals surface area (Å²) in [5, 5.41) is 3.36. The van der Waals surface area contributed by atoms with Crippen molar-refractivity contribution in [1.82, 2.24) is 5.32 Å². The zero-order valence-electron chi connectivity index (χ0n) is 16.2. The zero-order valence-corrected chi connectivity index (χ0v) is 16.2. The van der Waals surface area contributed by atoms with Crippen LogP contribution in [0, 0.1) is 11.8 Å². The highest BCUT2D eigenvalue weighted by atomic mass is 16.5. The van der Waals surface area contributed by atoms with Crippen LogP contribution < -0.4 is 16.8 Å². The van der Waals surface area contributed by atoms with E-state index in [1.54, 1.807) is 0 Å². The third-order valence-electron chi connectivity index (χ3n) is 5.57. The normalized spacial score (nSPS) is 25.3. The van der Waals surface area contributed by atoms with E-state index in [0.717, 1.165) is 36.3 Å². The van der Waals surface area contributed by atoms with Gasteiger partial charge in [-0.05, 0) is 80.9 Å². The SMILES string of the molecule is C=C(OC1=CCC2CC(C(C)NC)C=CC2=C1)C1=CC=C(N=C(N)N)CC1. The van der Waals surface area contributed by atoms with Gasteiger partial charge in [-0.3, -0.25) is 0 Å². The van der Waals surface area contributed by atoms with Gasteiger partial charge in [-0.1, -0.05) is 24.8 Å². The van der Waals surface area contributed by atoms with Gasteiger partial charge in [0.15, 0.2) is 5.96 Å². The number of nitrogens with one attached hydrogen (secondary N) is 1. The van der Waals surface area contributed by atoms with Crippen LogP contribution in [0.4, 0.5) is 0 Å². The molecule has 0 aromatic heterocycles. The van der Waals surface area contributed by atoms with E-state index >= 15 is 0 Å². The van der Waals surface area contributed by atoms with Crippen molar-refractivity contribution in [3.8, 4) is 0 Å². The van der Waals surface area contributed by atoms with Gasteiger partial charge in [-0.2, -0.15) is 0 Å². The number of hydrogen-bond acceptors (Lipinski definition) is 3. The average Bonchev–Trinajstić information content (AvgIpc) is 2.67. The summed E-state index contributed by atoms with van der Waals surface area (Å²) in [6.45, 7) is 6.35. The molecule has 0 spiro atoms. The molecule has 3 rings (SSSR count). The van der Waals surface area contributed by atoms with Gasteiger partial charge in [0.05, 0.1) is 0 Å². The fourth-order valence-electron chi connectivity index (χ4n) is 3.78. The van der Waals surface area contributed by atoms with Crippen molar-refractivity contribution in [3.05, 3.63) is 71.4 Å². The van der Waals surface area contributed by atoms with E-state index in [-0.39, 0.29) is 5.96 Å². The Balaban J connectivity index is 1.63. The second-order valence-electron chi connectivity index (χ2n) is 7.43. The molecule has 0 aliphatic heterocycles. The van der Waals surface area contributed by atoms with Gasteiger partial charge in [-0.25, -0.2) is 4.99 Å². The van der Waals surface area contributed by atoms with E-state index in [2.05, 4.69) is 48.1 Å². The second kappa shape index (κ2) is 8.44. The molecule has 0 aromatic carbocycles. The van der Waals surface area contributed by atoms with E-state index in [4.69, 9.17) is 16.2 Å². The molecular weight excluding hydrogens is 336 g/mol. The van der Waals surface area contributed by atoms with E-state index in [1.807, 2.05) is 19.2 Å². The summed E-state index contributed by atoms with van der Waals surface area (Å²) >= 11 is 0. The van der Waals surface area contributed by atoms with Gasteiger partial charge in [0, 0.05) is 11.7 Å². The molecule has 0 fully saturated rings. The number of rotatable bonds is 6. The summed E-state index contributed by atoms with van der Waals surface area (Å²) in [7, 11) is 2.03. The maximum Gasteiger partial charge on any atom is 0.190 e. The van der Waals surface area contributed by atoms with Crippen LogP contribution in [0.1, 0.15) is 32.6 Å². The number of fused-ring (bicyclic) bond motifs is 1. The Morgan fingerprint density at radius 3 is 2.81 bits per heavy atom. The molecule has 3 atom stereocenters. The number of ether oxygens (including phenoxy) is 1. The lowest BCUT2D eigenvalue weighted by Crippen LogP contribution is -2.32. The first-order valence-corrected chi connectivity index (χ1v) is 9.60. The highest BCUT2D eigenvalue weighted by Gasteiger charge is 2.26. The maximum absolute atomic E-state index is 6.05. The zero-order chi connectivity index (χ0) is 19.4. The number of allylic oxidation sites excluding steroid dienone is 8. The summed E-state index contributed by atoms with van der Waals surface area (Å²) in [5.74, 6) is 2.83. The van der Waals surface area contributed by atoms with Crippen molar-refractivity contribution in [2.45, 2.75) is 38.6 Å². The third kappa shape index (κ3) is 4.80. The highest BCUT2D eigenvalue weighted by molar-refractivity contribution is 5.76. The molecule has 5 nitrogen and oxygen atoms in total. The first-order chi connectivity index (χ1) is 13.0. The first kappa shape index (κ1) is 19.2. The van der Waals surface area contributed by atoms with E-state index < -0.39 is 0 Å². The average molecular weight is 367 g/mol. The first-order valence-electron chi connectivity index (χ1n) is 9.60. The van der Waals surface area contributed by atoms with Gasteiger partial charge in [-0.15, -0.1) is 0 Å². The third-order valence-corrected chi connectivity index (χ3v) is 5.57. The lowest BCUT2D eigenvalue weighted by atomic mass is 9.76. The Kier molecular flexibility index (Phi) is 6.01. The number of nitrogens with zero attached hydrogens (tertiary/aromatic N) is 1. The number of aliphatic imine (C=N–C) groups is 1. The molecule has 5 N–H and O–H groups in total. The molecule has 0 aromatic rings. The molecule has 144 valence electrons. The molecule has 3 unspecified atom stereocenters. The quantitative estimate of drug-likeness (QED) is 0.382. The lowest BCUT2D eigenvalue weighted by Gasteiger charge is -2.32. The van der Waals surface area contributed by atoms with Crippen LogP contribution in [0.3, 0.4) is 0 Å². The topological polar surface area (TPSA) is 85.7 Å². The van der Waals surface area contributed by atoms with Gasteiger partial charge in [0.1, 0.15) is 11.5 Å². The largest absolute Gasteiger partial charge is 0.458 e. The van der Waals surface area contributed by atoms with Gasteiger partial charge in [0.2, 0.25) is 0 Å². The smallest absolute Gasteiger partial charge is 0.190 e. The van der Waals surface area contributed by atoms with Crippen LogP contribution in [-0.4, -0.2) is 19.0 Å². The summed E-state index contributed by atoms with van der Waals surface area (Å²) < 4.78 is 6.05. The Morgan fingerprint density at radius 1 is 1.33 bits per heavy atom. The van der Waals surface area contributed by atoms with Gasteiger partial charge >= 0.3 is 0 Å². The number of hydrogen-bond donors (Lipinski definition) is 3. The van der Waals surface area contributed by atoms with Crippen LogP contribution in [-0.2, 0) is 4.74 Å². The molecule has 0 radical (unpaired) electrons. The van der Waals surface area contributed by atoms with Crippen molar-refractivity contribution in [2.75, 3.05) is 7.05 Å². The minimum absolute atomic E-state index is 0.0913. The Morgan fingerprint density at radius 2 is 2.15 bits per heavy atom. The monoisotopic (exact) mass is 366 g/mol. The molecule has 0 saturated carbocycles. The molecule has 3 aliphatic carbocycles. The molecule has 0 saturated heterocycles. The fraction of sp³-hybridized carbons (Fsp3) is 0.409. The summed E-state index contributed by atoms with van der Waals surface area (Å²) in [5.41, 5.74) is 14.2. The number of nitrogens with two attached hydrogens (primary N) is 2. The van der Waals surface area contributed by atoms with E-state index in [1.165, 1.54) is 12.0 Å². The Bertz CT molecular complexity index is 778. The maximum atomic E-state index is 6.05. The van der Waals surface area contributed by atoms with Crippen molar-refractivity contribution in [3.63, 3.8) is 0 Å². The van der Waals surface area contributed by atoms with Crippen molar-refractivity contribution >= 4 is 5.96 Å². The van der Waals surface area contributed by atoms with Crippen molar-refractivity contribution in [2.24, 2.45) is 28.3 Å². The summed E-state index contributed by atoms with van der Waals surface area (Å²) in [4.78, 5) is 4.10. The van der Waals surface area contributed by atoms with Crippen LogP contribution >= 0.6 is 0 Å². The van der Waals surface area contributed by atoms with Crippen LogP contribution in [0.2, 0.25) is 0 Å². The number of guanidine groups is 1. The highest BCUT2D eigenvalue weighted by Crippen LogP contribution is 2.37. The molecule has 0 heterocycles. The Hall–Kier alpha value is -2.53. The van der Waals surface area contributed by atoms with E-state index in [9.17, 15) is 0 Å². The molecule has 0 bridgehead atoms. The summed E-state index contributed by atoms with van der Waals surface area (Å²) in [6, 6.07) is 0.499. The minimum atomic E-state index is 0.0913. The fourth-order valence-corrected chi connectivity index (χ4v) is 3.78. The molecule has 3 aliphatic rings. The van der Waals surface area contributed by atoms with Crippen LogP contribution in [0.5, 0.6) is 0 Å². The molecular formula is C22H30N4O. The predicted octanol–water partition coefficient (Wildman–Crippen LogP) is 3.41. The molecule has 0 amide bonds. The van der Waals surface area contributed by atoms with Gasteiger partial charge < -0.3 is 21.5 Å².